The lowest BCUT2D eigenvalue weighted by Crippen LogP contribution is -2.41. The SMILES string of the molecule is CCOC(=O)C1C(=O)C=C(C)C(C(=O)OCC)C1C. The summed E-state index contributed by atoms with van der Waals surface area (Å²) < 4.78 is 9.91. The van der Waals surface area contributed by atoms with E-state index in [2.05, 4.69) is 0 Å². The van der Waals surface area contributed by atoms with E-state index in [9.17, 15) is 14.4 Å². The van der Waals surface area contributed by atoms with Gasteiger partial charge in [-0.2, -0.15) is 0 Å². The zero-order valence-electron chi connectivity index (χ0n) is 11.8. The smallest absolute Gasteiger partial charge is 0.317 e. The number of hydrogen-bond acceptors (Lipinski definition) is 5. The molecule has 0 bridgehead atoms. The van der Waals surface area contributed by atoms with E-state index >= 15 is 0 Å². The minimum Gasteiger partial charge on any atom is -0.466 e. The Balaban J connectivity index is 3.02. The molecule has 106 valence electrons. The van der Waals surface area contributed by atoms with Gasteiger partial charge in [-0.15, -0.1) is 0 Å². The van der Waals surface area contributed by atoms with Crippen LogP contribution in [0.2, 0.25) is 0 Å². The van der Waals surface area contributed by atoms with Crippen molar-refractivity contribution in [2.75, 3.05) is 13.2 Å². The Morgan fingerprint density at radius 2 is 1.58 bits per heavy atom. The van der Waals surface area contributed by atoms with Gasteiger partial charge in [-0.05, 0) is 32.8 Å². The molecule has 3 atom stereocenters. The number of ether oxygens (including phenoxy) is 2. The van der Waals surface area contributed by atoms with Crippen molar-refractivity contribution in [3.63, 3.8) is 0 Å². The molecular weight excluding hydrogens is 248 g/mol. The number of rotatable bonds is 4. The molecule has 0 aromatic carbocycles. The first-order valence-corrected chi connectivity index (χ1v) is 6.49. The number of allylic oxidation sites excluding steroid dienone is 1. The lowest BCUT2D eigenvalue weighted by molar-refractivity contribution is -0.157. The van der Waals surface area contributed by atoms with Gasteiger partial charge in [0.2, 0.25) is 0 Å². The fourth-order valence-electron chi connectivity index (χ4n) is 2.47. The van der Waals surface area contributed by atoms with E-state index < -0.39 is 29.7 Å². The molecule has 1 aliphatic rings. The average Bonchev–Trinajstić information content (AvgIpc) is 2.28. The van der Waals surface area contributed by atoms with Crippen LogP contribution in [-0.2, 0) is 23.9 Å². The normalized spacial score (nSPS) is 26.6. The Bertz CT molecular complexity index is 410. The van der Waals surface area contributed by atoms with Gasteiger partial charge in [-0.25, -0.2) is 0 Å². The highest BCUT2D eigenvalue weighted by molar-refractivity contribution is 6.07. The second-order valence-corrected chi connectivity index (χ2v) is 4.61. The summed E-state index contributed by atoms with van der Waals surface area (Å²) in [5.41, 5.74) is 0.636. The molecule has 0 heterocycles. The molecule has 0 N–H and O–H groups in total. The van der Waals surface area contributed by atoms with Crippen molar-refractivity contribution < 1.29 is 23.9 Å². The molecule has 19 heavy (non-hydrogen) atoms. The summed E-state index contributed by atoms with van der Waals surface area (Å²) in [6, 6.07) is 0. The molecule has 1 aliphatic carbocycles. The van der Waals surface area contributed by atoms with Crippen LogP contribution in [0.5, 0.6) is 0 Å². The molecule has 0 radical (unpaired) electrons. The number of esters is 2. The molecule has 0 amide bonds. The topological polar surface area (TPSA) is 69.7 Å². The second-order valence-electron chi connectivity index (χ2n) is 4.61. The van der Waals surface area contributed by atoms with Gasteiger partial charge in [0, 0.05) is 0 Å². The van der Waals surface area contributed by atoms with Gasteiger partial charge in [0.05, 0.1) is 19.1 Å². The number of carbonyl (C=O) groups excluding carboxylic acids is 3. The Morgan fingerprint density at radius 3 is 2.05 bits per heavy atom. The van der Waals surface area contributed by atoms with Crippen molar-refractivity contribution >= 4 is 17.7 Å². The largest absolute Gasteiger partial charge is 0.466 e. The van der Waals surface area contributed by atoms with Crippen molar-refractivity contribution in [2.45, 2.75) is 27.7 Å². The lowest BCUT2D eigenvalue weighted by Gasteiger charge is -2.31. The summed E-state index contributed by atoms with van der Waals surface area (Å²) in [5.74, 6) is -3.20. The van der Waals surface area contributed by atoms with Gasteiger partial charge in [0.1, 0.15) is 5.92 Å². The van der Waals surface area contributed by atoms with Crippen LogP contribution < -0.4 is 0 Å². The predicted molar refractivity (Wildman–Crippen MR) is 68.2 cm³/mol. The molecule has 0 aromatic heterocycles. The number of carbonyl (C=O) groups is 3. The third-order valence-corrected chi connectivity index (χ3v) is 3.30. The van der Waals surface area contributed by atoms with E-state index in [1.54, 1.807) is 27.7 Å². The molecule has 5 heteroatoms. The molecule has 1 rings (SSSR count). The highest BCUT2D eigenvalue weighted by Gasteiger charge is 2.44. The predicted octanol–water partition coefficient (Wildman–Crippen LogP) is 1.51. The third kappa shape index (κ3) is 3.22. The Hall–Kier alpha value is -1.65. The van der Waals surface area contributed by atoms with Crippen LogP contribution in [-0.4, -0.2) is 30.9 Å². The van der Waals surface area contributed by atoms with Crippen LogP contribution in [0.25, 0.3) is 0 Å². The minimum atomic E-state index is -0.918. The van der Waals surface area contributed by atoms with Crippen LogP contribution in [0.3, 0.4) is 0 Å². The molecule has 0 spiro atoms. The molecule has 0 saturated carbocycles. The van der Waals surface area contributed by atoms with Crippen molar-refractivity contribution in [3.8, 4) is 0 Å². The Morgan fingerprint density at radius 1 is 1.11 bits per heavy atom. The van der Waals surface area contributed by atoms with Gasteiger partial charge in [-0.1, -0.05) is 12.5 Å². The Labute approximate surface area is 112 Å². The van der Waals surface area contributed by atoms with E-state index in [-0.39, 0.29) is 19.0 Å². The van der Waals surface area contributed by atoms with Gasteiger partial charge in [0.15, 0.2) is 5.78 Å². The van der Waals surface area contributed by atoms with E-state index in [1.165, 1.54) is 6.08 Å². The maximum Gasteiger partial charge on any atom is 0.317 e. The molecule has 3 unspecified atom stereocenters. The minimum absolute atomic E-state index is 0.210. The highest BCUT2D eigenvalue weighted by atomic mass is 16.5. The van der Waals surface area contributed by atoms with Crippen LogP contribution >= 0.6 is 0 Å². The summed E-state index contributed by atoms with van der Waals surface area (Å²) in [6.07, 6.45) is 1.35. The zero-order chi connectivity index (χ0) is 14.6. The van der Waals surface area contributed by atoms with E-state index in [0.29, 0.717) is 5.57 Å². The summed E-state index contributed by atoms with van der Waals surface area (Å²) in [4.78, 5) is 35.7. The van der Waals surface area contributed by atoms with Gasteiger partial charge in [0.25, 0.3) is 0 Å². The van der Waals surface area contributed by atoms with Crippen molar-refractivity contribution in [1.29, 1.82) is 0 Å². The molecule has 5 nitrogen and oxygen atoms in total. The first kappa shape index (κ1) is 15.4. The highest BCUT2D eigenvalue weighted by Crippen LogP contribution is 2.34. The zero-order valence-corrected chi connectivity index (χ0v) is 11.8. The van der Waals surface area contributed by atoms with Gasteiger partial charge in [-0.3, -0.25) is 14.4 Å². The van der Waals surface area contributed by atoms with Crippen LogP contribution in [0.1, 0.15) is 27.7 Å². The fourth-order valence-corrected chi connectivity index (χ4v) is 2.47. The third-order valence-electron chi connectivity index (χ3n) is 3.30. The summed E-state index contributed by atoms with van der Waals surface area (Å²) in [5, 5.41) is 0. The summed E-state index contributed by atoms with van der Waals surface area (Å²) in [6.45, 7) is 7.29. The quantitative estimate of drug-likeness (QED) is 0.571. The van der Waals surface area contributed by atoms with E-state index in [0.717, 1.165) is 0 Å². The first-order valence-electron chi connectivity index (χ1n) is 6.49. The fraction of sp³-hybridized carbons (Fsp3) is 0.643. The van der Waals surface area contributed by atoms with Crippen LogP contribution in [0.4, 0.5) is 0 Å². The molecule has 0 aliphatic heterocycles. The summed E-state index contributed by atoms with van der Waals surface area (Å²) >= 11 is 0. The van der Waals surface area contributed by atoms with Crippen molar-refractivity contribution in [2.24, 2.45) is 17.8 Å². The van der Waals surface area contributed by atoms with Gasteiger partial charge >= 0.3 is 11.9 Å². The maximum atomic E-state index is 11.9. The molecular formula is C14H20O5. The molecule has 0 aromatic rings. The van der Waals surface area contributed by atoms with Crippen LogP contribution in [0.15, 0.2) is 11.6 Å². The van der Waals surface area contributed by atoms with E-state index in [1.807, 2.05) is 0 Å². The number of hydrogen-bond donors (Lipinski definition) is 0. The maximum absolute atomic E-state index is 11.9. The second kappa shape index (κ2) is 6.50. The van der Waals surface area contributed by atoms with Gasteiger partial charge < -0.3 is 9.47 Å². The summed E-state index contributed by atoms with van der Waals surface area (Å²) in [7, 11) is 0. The average molecular weight is 268 g/mol. The molecule has 0 fully saturated rings. The standard InChI is InChI=1S/C14H20O5/c1-5-18-13(16)11-8(3)7-10(15)12(9(11)4)14(17)19-6-2/h7,9,11-12H,5-6H2,1-4H3. The van der Waals surface area contributed by atoms with E-state index in [4.69, 9.17) is 9.47 Å². The first-order chi connectivity index (χ1) is 8.93. The monoisotopic (exact) mass is 268 g/mol. The van der Waals surface area contributed by atoms with Crippen LogP contribution in [0, 0.1) is 17.8 Å². The number of ketones is 1. The Kier molecular flexibility index (Phi) is 5.27. The van der Waals surface area contributed by atoms with Crippen molar-refractivity contribution in [3.05, 3.63) is 11.6 Å². The molecule has 0 saturated heterocycles. The van der Waals surface area contributed by atoms with Crippen molar-refractivity contribution in [1.82, 2.24) is 0 Å². The lowest BCUT2D eigenvalue weighted by atomic mass is 9.72.